The maximum Gasteiger partial charge on any atom is 0.324 e. The van der Waals surface area contributed by atoms with Gasteiger partial charge in [-0.3, -0.25) is 15.4 Å². The zero-order chi connectivity index (χ0) is 8.27. The molecule has 4 nitrogen and oxygen atoms in total. The topological polar surface area (TPSA) is 50.4 Å². The van der Waals surface area contributed by atoms with Gasteiger partial charge in [-0.25, -0.2) is 0 Å². The minimum absolute atomic E-state index is 0.162. The number of nitrogens with one attached hydrogen (secondary N) is 2. The van der Waals surface area contributed by atoms with E-state index in [4.69, 9.17) is 0 Å². The standard InChI is InChI=1S/C7H14N2O2/c1-3-5-6(7(10)11-2)9-4-8-5/h5-6,8-9H,3-4H2,1-2H3. The van der Waals surface area contributed by atoms with Crippen molar-refractivity contribution >= 4 is 5.97 Å². The van der Waals surface area contributed by atoms with E-state index in [9.17, 15) is 4.79 Å². The van der Waals surface area contributed by atoms with Gasteiger partial charge in [0, 0.05) is 12.7 Å². The van der Waals surface area contributed by atoms with Crippen LogP contribution in [0.3, 0.4) is 0 Å². The summed E-state index contributed by atoms with van der Waals surface area (Å²) in [5.74, 6) is -0.179. The van der Waals surface area contributed by atoms with Gasteiger partial charge in [0.1, 0.15) is 6.04 Å². The van der Waals surface area contributed by atoms with Gasteiger partial charge in [-0.15, -0.1) is 0 Å². The molecule has 0 spiro atoms. The number of carbonyl (C=O) groups excluding carboxylic acids is 1. The van der Waals surface area contributed by atoms with E-state index in [2.05, 4.69) is 15.4 Å². The smallest absolute Gasteiger partial charge is 0.324 e. The van der Waals surface area contributed by atoms with Crippen molar-refractivity contribution in [2.45, 2.75) is 25.4 Å². The second-order valence-corrected chi connectivity index (χ2v) is 2.60. The normalized spacial score (nSPS) is 30.4. The summed E-state index contributed by atoms with van der Waals surface area (Å²) in [5, 5.41) is 6.18. The fourth-order valence-electron chi connectivity index (χ4n) is 1.31. The van der Waals surface area contributed by atoms with Crippen LogP contribution in [0.4, 0.5) is 0 Å². The van der Waals surface area contributed by atoms with Crippen LogP contribution in [0.2, 0.25) is 0 Å². The lowest BCUT2D eigenvalue weighted by Gasteiger charge is -2.14. The van der Waals surface area contributed by atoms with Crippen molar-refractivity contribution in [3.05, 3.63) is 0 Å². The molecule has 2 N–H and O–H groups in total. The molecular formula is C7H14N2O2. The summed E-state index contributed by atoms with van der Waals surface area (Å²) in [7, 11) is 1.41. The number of esters is 1. The van der Waals surface area contributed by atoms with E-state index in [0.717, 1.165) is 6.42 Å². The minimum atomic E-state index is -0.179. The zero-order valence-corrected chi connectivity index (χ0v) is 6.89. The molecule has 1 rings (SSSR count). The molecule has 11 heavy (non-hydrogen) atoms. The summed E-state index contributed by atoms with van der Waals surface area (Å²) >= 11 is 0. The molecule has 1 aliphatic heterocycles. The van der Waals surface area contributed by atoms with Crippen molar-refractivity contribution in [3.63, 3.8) is 0 Å². The fraction of sp³-hybridized carbons (Fsp3) is 0.857. The Morgan fingerprint density at radius 2 is 2.36 bits per heavy atom. The lowest BCUT2D eigenvalue weighted by atomic mass is 10.1. The van der Waals surface area contributed by atoms with E-state index in [1.165, 1.54) is 7.11 Å². The Morgan fingerprint density at radius 1 is 1.64 bits per heavy atom. The molecule has 0 aromatic heterocycles. The van der Waals surface area contributed by atoms with Gasteiger partial charge in [0.05, 0.1) is 7.11 Å². The number of ether oxygens (including phenoxy) is 1. The number of hydrogen-bond donors (Lipinski definition) is 2. The second kappa shape index (κ2) is 3.69. The Kier molecular flexibility index (Phi) is 2.84. The third-order valence-corrected chi connectivity index (χ3v) is 1.98. The van der Waals surface area contributed by atoms with Crippen LogP contribution in [0.1, 0.15) is 13.3 Å². The average molecular weight is 158 g/mol. The maximum atomic E-state index is 11.1. The number of hydrogen-bond acceptors (Lipinski definition) is 4. The Labute approximate surface area is 66.3 Å². The van der Waals surface area contributed by atoms with Gasteiger partial charge in [-0.05, 0) is 6.42 Å². The summed E-state index contributed by atoms with van der Waals surface area (Å²) in [4.78, 5) is 11.1. The highest BCUT2D eigenvalue weighted by molar-refractivity contribution is 5.77. The Balaban J connectivity index is 2.49. The fourth-order valence-corrected chi connectivity index (χ4v) is 1.31. The zero-order valence-electron chi connectivity index (χ0n) is 6.89. The highest BCUT2D eigenvalue weighted by Gasteiger charge is 2.31. The summed E-state index contributed by atoms with van der Waals surface area (Å²) < 4.78 is 4.62. The van der Waals surface area contributed by atoms with Crippen LogP contribution in [0.5, 0.6) is 0 Å². The van der Waals surface area contributed by atoms with Crippen molar-refractivity contribution in [3.8, 4) is 0 Å². The van der Waals surface area contributed by atoms with Gasteiger partial charge in [0.15, 0.2) is 0 Å². The van der Waals surface area contributed by atoms with Crippen molar-refractivity contribution in [1.29, 1.82) is 0 Å². The van der Waals surface area contributed by atoms with Crippen LogP contribution >= 0.6 is 0 Å². The average Bonchev–Trinajstić information content (AvgIpc) is 2.50. The monoisotopic (exact) mass is 158 g/mol. The Morgan fingerprint density at radius 3 is 2.91 bits per heavy atom. The molecule has 1 heterocycles. The first kappa shape index (κ1) is 8.49. The van der Waals surface area contributed by atoms with Crippen LogP contribution < -0.4 is 10.6 Å². The van der Waals surface area contributed by atoms with Gasteiger partial charge >= 0.3 is 5.97 Å². The predicted octanol–water partition coefficient (Wildman–Crippen LogP) is -0.543. The van der Waals surface area contributed by atoms with Crippen LogP contribution in [0.25, 0.3) is 0 Å². The third-order valence-electron chi connectivity index (χ3n) is 1.98. The highest BCUT2D eigenvalue weighted by atomic mass is 16.5. The van der Waals surface area contributed by atoms with Crippen molar-refractivity contribution in [2.24, 2.45) is 0 Å². The molecule has 64 valence electrons. The summed E-state index contributed by atoms with van der Waals surface area (Å²) in [6, 6.07) is 0.0625. The molecule has 1 fully saturated rings. The number of carbonyl (C=O) groups is 1. The first-order chi connectivity index (χ1) is 5.29. The summed E-state index contributed by atoms with van der Waals surface area (Å²) in [5.41, 5.74) is 0. The van der Waals surface area contributed by atoms with E-state index in [1.54, 1.807) is 0 Å². The van der Waals surface area contributed by atoms with Crippen molar-refractivity contribution in [1.82, 2.24) is 10.6 Å². The van der Waals surface area contributed by atoms with E-state index in [1.807, 2.05) is 6.92 Å². The first-order valence-corrected chi connectivity index (χ1v) is 3.84. The maximum absolute atomic E-state index is 11.1. The molecule has 2 atom stereocenters. The van der Waals surface area contributed by atoms with Crippen molar-refractivity contribution in [2.75, 3.05) is 13.8 Å². The van der Waals surface area contributed by atoms with Crippen LogP contribution in [-0.2, 0) is 9.53 Å². The molecule has 0 aromatic carbocycles. The van der Waals surface area contributed by atoms with E-state index in [0.29, 0.717) is 6.67 Å². The van der Waals surface area contributed by atoms with Gasteiger partial charge in [-0.2, -0.15) is 0 Å². The van der Waals surface area contributed by atoms with E-state index in [-0.39, 0.29) is 18.1 Å². The molecule has 4 heteroatoms. The Bertz CT molecular complexity index is 149. The largest absolute Gasteiger partial charge is 0.468 e. The molecule has 2 unspecified atom stereocenters. The second-order valence-electron chi connectivity index (χ2n) is 2.60. The van der Waals surface area contributed by atoms with Crippen LogP contribution in [0, 0.1) is 0 Å². The molecule has 0 bridgehead atoms. The van der Waals surface area contributed by atoms with Crippen molar-refractivity contribution < 1.29 is 9.53 Å². The number of methoxy groups -OCH3 is 1. The Hall–Kier alpha value is -0.610. The van der Waals surface area contributed by atoms with E-state index >= 15 is 0 Å². The SMILES string of the molecule is CCC1NCNC1C(=O)OC. The summed E-state index contributed by atoms with van der Waals surface area (Å²) in [6.07, 6.45) is 0.937. The molecule has 0 radical (unpaired) electrons. The quantitative estimate of drug-likeness (QED) is 0.530. The first-order valence-electron chi connectivity index (χ1n) is 3.84. The molecule has 0 saturated carbocycles. The highest BCUT2D eigenvalue weighted by Crippen LogP contribution is 2.04. The molecule has 1 aliphatic rings. The molecule has 0 aromatic rings. The number of rotatable bonds is 2. The van der Waals surface area contributed by atoms with Crippen LogP contribution in [-0.4, -0.2) is 31.8 Å². The van der Waals surface area contributed by atoms with Gasteiger partial charge in [0.2, 0.25) is 0 Å². The molecule has 0 aliphatic carbocycles. The molecule has 1 saturated heterocycles. The molecule has 0 amide bonds. The van der Waals surface area contributed by atoms with Gasteiger partial charge < -0.3 is 4.74 Å². The molecular weight excluding hydrogens is 144 g/mol. The third kappa shape index (κ3) is 1.70. The van der Waals surface area contributed by atoms with Crippen LogP contribution in [0.15, 0.2) is 0 Å². The van der Waals surface area contributed by atoms with Gasteiger partial charge in [-0.1, -0.05) is 6.92 Å². The minimum Gasteiger partial charge on any atom is -0.468 e. The predicted molar refractivity (Wildman–Crippen MR) is 41.0 cm³/mol. The van der Waals surface area contributed by atoms with E-state index < -0.39 is 0 Å². The van der Waals surface area contributed by atoms with Gasteiger partial charge in [0.25, 0.3) is 0 Å². The summed E-state index contributed by atoms with van der Waals surface area (Å²) in [6.45, 7) is 2.74. The lowest BCUT2D eigenvalue weighted by Crippen LogP contribution is -2.40. The lowest BCUT2D eigenvalue weighted by molar-refractivity contribution is -0.143.